The van der Waals surface area contributed by atoms with Crippen molar-refractivity contribution in [3.05, 3.63) is 39.1 Å². The lowest BCUT2D eigenvalue weighted by Crippen LogP contribution is -2.19. The third-order valence-electron chi connectivity index (χ3n) is 4.00. The molecule has 3 nitrogen and oxygen atoms in total. The minimum absolute atomic E-state index is 0.511. The molecule has 2 aromatic heterocycles. The quantitative estimate of drug-likeness (QED) is 0.631. The van der Waals surface area contributed by atoms with E-state index in [1.54, 1.807) is 11.3 Å². The molecule has 0 atom stereocenters. The molecule has 0 saturated carbocycles. The molecule has 1 fully saturated rings. The summed E-state index contributed by atoms with van der Waals surface area (Å²) in [6, 6.07) is 5.91. The molecule has 0 amide bonds. The van der Waals surface area contributed by atoms with Crippen molar-refractivity contribution in [3.8, 4) is 11.3 Å². The number of pyridine rings is 1. The van der Waals surface area contributed by atoms with Crippen LogP contribution in [0.25, 0.3) is 22.2 Å². The van der Waals surface area contributed by atoms with E-state index in [1.807, 2.05) is 23.0 Å². The summed E-state index contributed by atoms with van der Waals surface area (Å²) in [5.41, 5.74) is 4.61. The molecule has 112 valence electrons. The van der Waals surface area contributed by atoms with E-state index in [9.17, 15) is 0 Å². The molecule has 1 aliphatic rings. The molecular formula is C16H13Cl2N3S. The summed E-state index contributed by atoms with van der Waals surface area (Å²) in [4.78, 5) is 11.5. The van der Waals surface area contributed by atoms with E-state index in [4.69, 9.17) is 28.2 Å². The zero-order valence-electron chi connectivity index (χ0n) is 11.7. The van der Waals surface area contributed by atoms with Crippen LogP contribution in [0.15, 0.2) is 29.1 Å². The Kier molecular flexibility index (Phi) is 3.68. The van der Waals surface area contributed by atoms with Gasteiger partial charge in [0.2, 0.25) is 0 Å². The van der Waals surface area contributed by atoms with Gasteiger partial charge < -0.3 is 4.90 Å². The average molecular weight is 350 g/mol. The molecule has 22 heavy (non-hydrogen) atoms. The molecule has 0 spiro atoms. The number of benzene rings is 1. The highest BCUT2D eigenvalue weighted by molar-refractivity contribution is 7.07. The van der Waals surface area contributed by atoms with Gasteiger partial charge in [0.15, 0.2) is 0 Å². The predicted molar refractivity (Wildman–Crippen MR) is 94.3 cm³/mol. The standard InChI is InChI=1S/C16H13Cl2N3S/c17-12-4-3-10-11(13-8-22-9-19-13)7-14(20-16(10)15(12)18)21-5-1-2-6-21/h3-4,7-9H,1-2,5-6H2. The van der Waals surface area contributed by atoms with Crippen molar-refractivity contribution in [1.82, 2.24) is 9.97 Å². The first-order valence-corrected chi connectivity index (χ1v) is 8.86. The van der Waals surface area contributed by atoms with E-state index < -0.39 is 0 Å². The maximum absolute atomic E-state index is 6.41. The van der Waals surface area contributed by atoms with Gasteiger partial charge in [-0.1, -0.05) is 29.3 Å². The van der Waals surface area contributed by atoms with E-state index in [0.717, 1.165) is 41.1 Å². The molecule has 0 bridgehead atoms. The lowest BCUT2D eigenvalue weighted by atomic mass is 10.1. The van der Waals surface area contributed by atoms with Gasteiger partial charge in [-0.05, 0) is 25.0 Å². The molecule has 3 aromatic rings. The predicted octanol–water partition coefficient (Wildman–Crippen LogP) is 5.27. The highest BCUT2D eigenvalue weighted by atomic mass is 35.5. The monoisotopic (exact) mass is 349 g/mol. The van der Waals surface area contributed by atoms with Crippen molar-refractivity contribution in [3.63, 3.8) is 0 Å². The Hall–Kier alpha value is -1.36. The first-order chi connectivity index (χ1) is 10.7. The molecule has 4 rings (SSSR count). The minimum Gasteiger partial charge on any atom is -0.357 e. The van der Waals surface area contributed by atoms with Crippen LogP contribution in [-0.2, 0) is 0 Å². The number of hydrogen-bond donors (Lipinski definition) is 0. The van der Waals surface area contributed by atoms with Crippen molar-refractivity contribution in [2.75, 3.05) is 18.0 Å². The SMILES string of the molecule is Clc1ccc2c(-c3cscn3)cc(N3CCCC3)nc2c1Cl. The average Bonchev–Trinajstić information content (AvgIpc) is 3.23. The second-order valence-electron chi connectivity index (χ2n) is 5.35. The number of fused-ring (bicyclic) bond motifs is 1. The molecule has 0 aliphatic carbocycles. The van der Waals surface area contributed by atoms with Crippen molar-refractivity contribution >= 4 is 51.3 Å². The minimum atomic E-state index is 0.511. The molecule has 6 heteroatoms. The number of thiazole rings is 1. The summed E-state index contributed by atoms with van der Waals surface area (Å²) in [5, 5.41) is 4.08. The zero-order valence-corrected chi connectivity index (χ0v) is 14.0. The molecule has 0 N–H and O–H groups in total. The number of rotatable bonds is 2. The van der Waals surface area contributed by atoms with E-state index in [2.05, 4.69) is 16.0 Å². The Bertz CT molecular complexity index is 827. The summed E-state index contributed by atoms with van der Waals surface area (Å²) in [5.74, 6) is 0.956. The van der Waals surface area contributed by atoms with Crippen LogP contribution in [0.4, 0.5) is 5.82 Å². The normalized spacial score (nSPS) is 14.9. The number of aromatic nitrogens is 2. The Balaban J connectivity index is 2.01. The largest absolute Gasteiger partial charge is 0.357 e. The van der Waals surface area contributed by atoms with Crippen LogP contribution >= 0.6 is 34.5 Å². The lowest BCUT2D eigenvalue weighted by Gasteiger charge is -2.19. The summed E-state index contributed by atoms with van der Waals surface area (Å²) in [6.45, 7) is 2.07. The van der Waals surface area contributed by atoms with Gasteiger partial charge in [0.25, 0.3) is 0 Å². The van der Waals surface area contributed by atoms with Crippen LogP contribution in [-0.4, -0.2) is 23.1 Å². The highest BCUT2D eigenvalue weighted by Gasteiger charge is 2.19. The van der Waals surface area contributed by atoms with E-state index in [1.165, 1.54) is 12.8 Å². The van der Waals surface area contributed by atoms with Gasteiger partial charge in [-0.2, -0.15) is 0 Å². The second kappa shape index (κ2) is 5.69. The Morgan fingerprint density at radius 1 is 1.14 bits per heavy atom. The van der Waals surface area contributed by atoms with Crippen LogP contribution in [0, 0.1) is 0 Å². The summed E-state index contributed by atoms with van der Waals surface area (Å²) in [6.07, 6.45) is 2.41. The fourth-order valence-electron chi connectivity index (χ4n) is 2.89. The van der Waals surface area contributed by atoms with Crippen molar-refractivity contribution in [2.24, 2.45) is 0 Å². The van der Waals surface area contributed by atoms with Crippen LogP contribution in [0.3, 0.4) is 0 Å². The third kappa shape index (κ3) is 2.35. The van der Waals surface area contributed by atoms with Crippen molar-refractivity contribution in [2.45, 2.75) is 12.8 Å². The zero-order chi connectivity index (χ0) is 15.1. The van der Waals surface area contributed by atoms with Gasteiger partial charge >= 0.3 is 0 Å². The number of anilines is 1. The Morgan fingerprint density at radius 2 is 1.95 bits per heavy atom. The van der Waals surface area contributed by atoms with Gasteiger partial charge in [-0.3, -0.25) is 0 Å². The fraction of sp³-hybridized carbons (Fsp3) is 0.250. The van der Waals surface area contributed by atoms with E-state index >= 15 is 0 Å². The topological polar surface area (TPSA) is 29.0 Å². The van der Waals surface area contributed by atoms with Gasteiger partial charge in [0.1, 0.15) is 5.82 Å². The lowest BCUT2D eigenvalue weighted by molar-refractivity contribution is 0.944. The van der Waals surface area contributed by atoms with Crippen molar-refractivity contribution < 1.29 is 0 Å². The molecule has 0 radical (unpaired) electrons. The Morgan fingerprint density at radius 3 is 2.68 bits per heavy atom. The molecule has 1 saturated heterocycles. The third-order valence-corrected chi connectivity index (χ3v) is 5.38. The number of hydrogen-bond acceptors (Lipinski definition) is 4. The first kappa shape index (κ1) is 14.2. The summed E-state index contributed by atoms with van der Waals surface area (Å²) in [7, 11) is 0. The van der Waals surface area contributed by atoms with Gasteiger partial charge in [-0.15, -0.1) is 11.3 Å². The number of nitrogens with zero attached hydrogens (tertiary/aromatic N) is 3. The summed E-state index contributed by atoms with van der Waals surface area (Å²) < 4.78 is 0. The van der Waals surface area contributed by atoms with Gasteiger partial charge in [0.05, 0.1) is 26.8 Å². The van der Waals surface area contributed by atoms with Crippen molar-refractivity contribution in [1.29, 1.82) is 0 Å². The first-order valence-electron chi connectivity index (χ1n) is 7.16. The molecular weight excluding hydrogens is 337 g/mol. The maximum Gasteiger partial charge on any atom is 0.129 e. The second-order valence-corrected chi connectivity index (χ2v) is 6.86. The van der Waals surface area contributed by atoms with E-state index in [0.29, 0.717) is 10.0 Å². The smallest absolute Gasteiger partial charge is 0.129 e. The van der Waals surface area contributed by atoms with Crippen LogP contribution < -0.4 is 4.90 Å². The molecule has 3 heterocycles. The number of halogens is 2. The maximum atomic E-state index is 6.41. The summed E-state index contributed by atoms with van der Waals surface area (Å²) >= 11 is 14.2. The fourth-order valence-corrected chi connectivity index (χ4v) is 3.80. The molecule has 1 aromatic carbocycles. The van der Waals surface area contributed by atoms with Crippen LogP contribution in [0.1, 0.15) is 12.8 Å². The molecule has 1 aliphatic heterocycles. The van der Waals surface area contributed by atoms with E-state index in [-0.39, 0.29) is 0 Å². The Labute approximate surface area is 142 Å². The van der Waals surface area contributed by atoms with Crippen LogP contribution in [0.2, 0.25) is 10.0 Å². The van der Waals surface area contributed by atoms with Crippen LogP contribution in [0.5, 0.6) is 0 Å². The molecule has 0 unspecified atom stereocenters. The highest BCUT2D eigenvalue weighted by Crippen LogP contribution is 2.37. The van der Waals surface area contributed by atoms with Gasteiger partial charge in [0, 0.05) is 29.4 Å². The van der Waals surface area contributed by atoms with Gasteiger partial charge in [-0.25, -0.2) is 9.97 Å².